The van der Waals surface area contributed by atoms with Gasteiger partial charge in [-0.25, -0.2) is 0 Å². The van der Waals surface area contributed by atoms with Crippen LogP contribution in [0.2, 0.25) is 0 Å². The van der Waals surface area contributed by atoms with E-state index in [9.17, 15) is 4.79 Å². The zero-order valence-corrected chi connectivity index (χ0v) is 10.9. The van der Waals surface area contributed by atoms with Crippen LogP contribution in [0, 0.1) is 17.8 Å². The molecule has 0 spiro atoms. The number of likely N-dealkylation sites (tertiary alicyclic amines) is 1. The Labute approximate surface area is 99.4 Å². The lowest BCUT2D eigenvalue weighted by atomic mass is 9.81. The number of nitrogens with zero attached hydrogens (tertiary/aromatic N) is 1. The highest BCUT2D eigenvalue weighted by Crippen LogP contribution is 2.30. The molecule has 1 heterocycles. The third-order valence-corrected chi connectivity index (χ3v) is 4.39. The Morgan fingerprint density at radius 1 is 1.19 bits per heavy atom. The molecule has 0 amide bonds. The van der Waals surface area contributed by atoms with Gasteiger partial charge in [0.1, 0.15) is 5.78 Å². The van der Waals surface area contributed by atoms with Gasteiger partial charge in [0.25, 0.3) is 0 Å². The van der Waals surface area contributed by atoms with Gasteiger partial charge < -0.3 is 0 Å². The summed E-state index contributed by atoms with van der Waals surface area (Å²) >= 11 is 0. The van der Waals surface area contributed by atoms with E-state index in [4.69, 9.17) is 0 Å². The SMILES string of the molecule is CC1CCC(=O)C(CN2CC(C)CC2C)C1. The average molecular weight is 223 g/mol. The van der Waals surface area contributed by atoms with Crippen molar-refractivity contribution in [3.8, 4) is 0 Å². The van der Waals surface area contributed by atoms with E-state index in [0.717, 1.165) is 37.6 Å². The number of ketones is 1. The molecular formula is C14H25NO. The Morgan fingerprint density at radius 3 is 2.56 bits per heavy atom. The quantitative estimate of drug-likeness (QED) is 0.717. The number of Topliss-reactive ketones (excluding diaryl/α,β-unsaturated/α-hetero) is 1. The molecule has 1 aliphatic heterocycles. The first-order valence-electron chi connectivity index (χ1n) is 6.83. The highest BCUT2D eigenvalue weighted by atomic mass is 16.1. The lowest BCUT2D eigenvalue weighted by Crippen LogP contribution is -2.38. The van der Waals surface area contributed by atoms with Crippen molar-refractivity contribution in [2.75, 3.05) is 13.1 Å². The van der Waals surface area contributed by atoms with Crippen LogP contribution in [0.15, 0.2) is 0 Å². The van der Waals surface area contributed by atoms with Crippen LogP contribution >= 0.6 is 0 Å². The number of hydrogen-bond donors (Lipinski definition) is 0. The predicted molar refractivity (Wildman–Crippen MR) is 66.3 cm³/mol. The molecule has 0 radical (unpaired) electrons. The third-order valence-electron chi connectivity index (χ3n) is 4.39. The standard InChI is InChI=1S/C14H25NO/c1-10-4-5-14(16)13(7-10)9-15-8-11(2)6-12(15)3/h10-13H,4-9H2,1-3H3. The van der Waals surface area contributed by atoms with Crippen LogP contribution in [0.1, 0.15) is 46.5 Å². The van der Waals surface area contributed by atoms with Gasteiger partial charge in [-0.1, -0.05) is 13.8 Å². The van der Waals surface area contributed by atoms with Crippen molar-refractivity contribution >= 4 is 5.78 Å². The van der Waals surface area contributed by atoms with Crippen molar-refractivity contribution in [3.05, 3.63) is 0 Å². The van der Waals surface area contributed by atoms with Crippen molar-refractivity contribution in [3.63, 3.8) is 0 Å². The fourth-order valence-electron chi connectivity index (χ4n) is 3.43. The molecule has 0 aromatic carbocycles. The molecule has 2 nitrogen and oxygen atoms in total. The van der Waals surface area contributed by atoms with Gasteiger partial charge in [-0.2, -0.15) is 0 Å². The van der Waals surface area contributed by atoms with Crippen LogP contribution in [0.4, 0.5) is 0 Å². The molecule has 0 aromatic rings. The van der Waals surface area contributed by atoms with Crippen molar-refractivity contribution in [1.29, 1.82) is 0 Å². The first kappa shape index (κ1) is 12.1. The molecule has 2 heteroatoms. The predicted octanol–water partition coefficient (Wildman–Crippen LogP) is 2.72. The normalized spacial score (nSPS) is 41.6. The molecule has 2 rings (SSSR count). The smallest absolute Gasteiger partial charge is 0.137 e. The zero-order valence-electron chi connectivity index (χ0n) is 10.9. The van der Waals surface area contributed by atoms with Gasteiger partial charge in [0.2, 0.25) is 0 Å². The highest BCUT2D eigenvalue weighted by Gasteiger charge is 2.32. The van der Waals surface area contributed by atoms with Crippen molar-refractivity contribution in [2.24, 2.45) is 17.8 Å². The topological polar surface area (TPSA) is 20.3 Å². The fourth-order valence-corrected chi connectivity index (χ4v) is 3.43. The third kappa shape index (κ3) is 2.65. The Kier molecular flexibility index (Phi) is 3.68. The molecule has 0 bridgehead atoms. The Bertz CT molecular complexity index is 263. The van der Waals surface area contributed by atoms with E-state index >= 15 is 0 Å². The maximum Gasteiger partial charge on any atom is 0.137 e. The summed E-state index contributed by atoms with van der Waals surface area (Å²) in [7, 11) is 0. The van der Waals surface area contributed by atoms with E-state index in [-0.39, 0.29) is 0 Å². The van der Waals surface area contributed by atoms with Gasteiger partial charge in [0.05, 0.1) is 0 Å². The van der Waals surface area contributed by atoms with E-state index in [0.29, 0.717) is 17.7 Å². The highest BCUT2D eigenvalue weighted by molar-refractivity contribution is 5.81. The van der Waals surface area contributed by atoms with E-state index < -0.39 is 0 Å². The first-order valence-corrected chi connectivity index (χ1v) is 6.83. The average Bonchev–Trinajstić information content (AvgIpc) is 2.51. The van der Waals surface area contributed by atoms with Crippen molar-refractivity contribution in [2.45, 2.75) is 52.5 Å². The Hall–Kier alpha value is -0.370. The van der Waals surface area contributed by atoms with Gasteiger partial charge >= 0.3 is 0 Å². The van der Waals surface area contributed by atoms with Gasteiger partial charge in [0.15, 0.2) is 0 Å². The van der Waals surface area contributed by atoms with E-state index in [1.165, 1.54) is 13.0 Å². The number of rotatable bonds is 2. The van der Waals surface area contributed by atoms with E-state index in [2.05, 4.69) is 25.7 Å². The number of hydrogen-bond acceptors (Lipinski definition) is 2. The lowest BCUT2D eigenvalue weighted by Gasteiger charge is -2.31. The molecule has 0 aromatic heterocycles. The monoisotopic (exact) mass is 223 g/mol. The summed E-state index contributed by atoms with van der Waals surface area (Å²) in [4.78, 5) is 14.4. The largest absolute Gasteiger partial charge is 0.300 e. The summed E-state index contributed by atoms with van der Waals surface area (Å²) in [5.41, 5.74) is 0. The number of carbonyl (C=O) groups is 1. The summed E-state index contributed by atoms with van der Waals surface area (Å²) in [5.74, 6) is 2.41. The molecule has 1 aliphatic carbocycles. The van der Waals surface area contributed by atoms with E-state index in [1.807, 2.05) is 0 Å². The van der Waals surface area contributed by atoms with E-state index in [1.54, 1.807) is 0 Å². The van der Waals surface area contributed by atoms with Crippen molar-refractivity contribution in [1.82, 2.24) is 4.90 Å². The van der Waals surface area contributed by atoms with Crippen LogP contribution < -0.4 is 0 Å². The van der Waals surface area contributed by atoms with Gasteiger partial charge in [-0.15, -0.1) is 0 Å². The fraction of sp³-hybridized carbons (Fsp3) is 0.929. The lowest BCUT2D eigenvalue weighted by molar-refractivity contribution is -0.126. The molecule has 1 saturated heterocycles. The minimum absolute atomic E-state index is 0.330. The molecule has 1 saturated carbocycles. The van der Waals surface area contributed by atoms with Crippen molar-refractivity contribution < 1.29 is 4.79 Å². The minimum Gasteiger partial charge on any atom is -0.300 e. The molecule has 0 N–H and O–H groups in total. The molecule has 16 heavy (non-hydrogen) atoms. The van der Waals surface area contributed by atoms with Crippen LogP contribution in [-0.2, 0) is 4.79 Å². The summed E-state index contributed by atoms with van der Waals surface area (Å²) < 4.78 is 0. The Balaban J connectivity index is 1.90. The first-order chi connectivity index (χ1) is 7.56. The molecule has 4 unspecified atom stereocenters. The van der Waals surface area contributed by atoms with Gasteiger partial charge in [-0.05, 0) is 38.0 Å². The zero-order chi connectivity index (χ0) is 11.7. The second-order valence-corrected chi connectivity index (χ2v) is 6.19. The Morgan fingerprint density at radius 2 is 1.94 bits per heavy atom. The maximum atomic E-state index is 11.9. The van der Waals surface area contributed by atoms with Crippen LogP contribution in [-0.4, -0.2) is 29.8 Å². The van der Waals surface area contributed by atoms with Crippen LogP contribution in [0.25, 0.3) is 0 Å². The molecule has 92 valence electrons. The van der Waals surface area contributed by atoms with Crippen LogP contribution in [0.5, 0.6) is 0 Å². The number of carbonyl (C=O) groups excluding carboxylic acids is 1. The maximum absolute atomic E-state index is 11.9. The minimum atomic E-state index is 0.330. The van der Waals surface area contributed by atoms with Gasteiger partial charge in [-0.3, -0.25) is 9.69 Å². The second kappa shape index (κ2) is 4.87. The summed E-state index contributed by atoms with van der Waals surface area (Å²) in [6.07, 6.45) is 4.36. The molecule has 2 aliphatic rings. The summed E-state index contributed by atoms with van der Waals surface area (Å²) in [6.45, 7) is 9.13. The molecule has 4 atom stereocenters. The van der Waals surface area contributed by atoms with Gasteiger partial charge in [0, 0.05) is 31.5 Å². The molecular weight excluding hydrogens is 198 g/mol. The van der Waals surface area contributed by atoms with Crippen LogP contribution in [0.3, 0.4) is 0 Å². The summed E-state index contributed by atoms with van der Waals surface area (Å²) in [6, 6.07) is 0.681. The second-order valence-electron chi connectivity index (χ2n) is 6.19. The molecule has 2 fully saturated rings. The summed E-state index contributed by atoms with van der Waals surface area (Å²) in [5, 5.41) is 0.